The first-order chi connectivity index (χ1) is 14.5. The van der Waals surface area contributed by atoms with E-state index in [-0.39, 0.29) is 13.0 Å². The van der Waals surface area contributed by atoms with E-state index < -0.39 is 24.0 Å². The molecule has 1 atom stereocenters. The molecule has 4 N–H and O–H groups in total. The normalized spacial score (nSPS) is 11.2. The molecule has 0 bridgehead atoms. The van der Waals surface area contributed by atoms with E-state index in [1.165, 1.54) is 0 Å². The number of rotatable bonds is 11. The number of hydrogen-bond acceptors (Lipinski definition) is 5. The van der Waals surface area contributed by atoms with Crippen LogP contribution in [0.3, 0.4) is 0 Å². The molecule has 0 spiro atoms. The number of anilines is 1. The van der Waals surface area contributed by atoms with Crippen molar-refractivity contribution in [2.75, 3.05) is 18.9 Å². The highest BCUT2D eigenvalue weighted by atomic mass is 16.5. The molecular weight excluding hydrogens is 386 g/mol. The predicted octanol–water partition coefficient (Wildman–Crippen LogP) is 3.01. The molecule has 0 fully saturated rings. The van der Waals surface area contributed by atoms with E-state index in [0.717, 1.165) is 11.3 Å². The molecule has 0 aliphatic carbocycles. The zero-order valence-electron chi connectivity index (χ0n) is 16.9. The van der Waals surface area contributed by atoms with Gasteiger partial charge in [0, 0.05) is 24.8 Å². The Kier molecular flexibility index (Phi) is 9.18. The second-order valence-corrected chi connectivity index (χ2v) is 6.68. The van der Waals surface area contributed by atoms with E-state index in [1.807, 2.05) is 30.3 Å². The predicted molar refractivity (Wildman–Crippen MR) is 113 cm³/mol. The largest absolute Gasteiger partial charge is 0.480 e. The Hall–Kier alpha value is -3.55. The molecule has 2 aromatic rings. The Morgan fingerprint density at radius 3 is 2.33 bits per heavy atom. The molecule has 160 valence electrons. The molecular formula is C22H27N3O5. The molecule has 8 nitrogen and oxygen atoms in total. The third kappa shape index (κ3) is 7.83. The van der Waals surface area contributed by atoms with Crippen LogP contribution in [-0.2, 0) is 16.1 Å². The maximum Gasteiger partial charge on any atom is 0.407 e. The Morgan fingerprint density at radius 2 is 1.70 bits per heavy atom. The molecule has 0 aliphatic rings. The molecule has 2 rings (SSSR count). The zero-order chi connectivity index (χ0) is 21.8. The van der Waals surface area contributed by atoms with Crippen molar-refractivity contribution in [3.8, 4) is 0 Å². The van der Waals surface area contributed by atoms with Gasteiger partial charge >= 0.3 is 12.1 Å². The standard InChI is InChI=1S/C22H27N3O5/c1-23-18-12-10-17(11-13-18)20(26)25-19(21(27)28)9-5-6-14-24-22(29)30-15-16-7-3-2-4-8-16/h2-4,7-8,10-13,19,23H,5-6,9,14-15H2,1H3,(H,24,29)(H,25,26)(H,27,28)/t19-/m1/s1. The molecule has 0 unspecified atom stereocenters. The number of amides is 2. The molecule has 2 amide bonds. The molecule has 0 saturated carbocycles. The van der Waals surface area contributed by atoms with Gasteiger partial charge in [0.15, 0.2) is 0 Å². The summed E-state index contributed by atoms with van der Waals surface area (Å²) in [5.41, 5.74) is 2.15. The number of aliphatic carboxylic acids is 1. The number of hydrogen-bond donors (Lipinski definition) is 4. The van der Waals surface area contributed by atoms with Crippen LogP contribution in [0.1, 0.15) is 35.2 Å². The van der Waals surface area contributed by atoms with Gasteiger partial charge in [0.2, 0.25) is 0 Å². The summed E-state index contributed by atoms with van der Waals surface area (Å²) in [7, 11) is 1.77. The van der Waals surface area contributed by atoms with Gasteiger partial charge in [-0.1, -0.05) is 30.3 Å². The van der Waals surface area contributed by atoms with E-state index in [2.05, 4.69) is 16.0 Å². The summed E-state index contributed by atoms with van der Waals surface area (Å²) in [5, 5.41) is 17.5. The van der Waals surface area contributed by atoms with Crippen molar-refractivity contribution in [1.82, 2.24) is 10.6 Å². The fourth-order valence-electron chi connectivity index (χ4n) is 2.73. The van der Waals surface area contributed by atoms with Crippen LogP contribution in [0.4, 0.5) is 10.5 Å². The van der Waals surface area contributed by atoms with Crippen molar-refractivity contribution in [2.24, 2.45) is 0 Å². The topological polar surface area (TPSA) is 117 Å². The van der Waals surface area contributed by atoms with Gasteiger partial charge in [-0.2, -0.15) is 0 Å². The smallest absolute Gasteiger partial charge is 0.407 e. The van der Waals surface area contributed by atoms with Crippen molar-refractivity contribution < 1.29 is 24.2 Å². The van der Waals surface area contributed by atoms with E-state index >= 15 is 0 Å². The fourth-order valence-corrected chi connectivity index (χ4v) is 2.73. The van der Waals surface area contributed by atoms with Crippen molar-refractivity contribution in [3.63, 3.8) is 0 Å². The lowest BCUT2D eigenvalue weighted by Crippen LogP contribution is -2.40. The van der Waals surface area contributed by atoms with E-state index in [4.69, 9.17) is 4.74 Å². The molecule has 0 aliphatic heterocycles. The van der Waals surface area contributed by atoms with Crippen LogP contribution < -0.4 is 16.0 Å². The summed E-state index contributed by atoms with van der Waals surface area (Å²) in [6.07, 6.45) is 0.828. The molecule has 0 heterocycles. The average molecular weight is 413 g/mol. The van der Waals surface area contributed by atoms with Crippen LogP contribution in [0, 0.1) is 0 Å². The number of benzene rings is 2. The number of ether oxygens (including phenoxy) is 1. The van der Waals surface area contributed by atoms with E-state index in [0.29, 0.717) is 24.9 Å². The molecule has 2 aromatic carbocycles. The number of carboxylic acid groups (broad SMARTS) is 1. The molecule has 0 saturated heterocycles. The minimum Gasteiger partial charge on any atom is -0.480 e. The van der Waals surface area contributed by atoms with Gasteiger partial charge in [0.1, 0.15) is 12.6 Å². The number of unbranched alkanes of at least 4 members (excludes halogenated alkanes) is 1. The SMILES string of the molecule is CNc1ccc(C(=O)N[C@H](CCCCNC(=O)OCc2ccccc2)C(=O)O)cc1. The van der Waals surface area contributed by atoms with Crippen molar-refractivity contribution in [1.29, 1.82) is 0 Å². The van der Waals surface area contributed by atoms with Crippen LogP contribution in [0.25, 0.3) is 0 Å². The van der Waals surface area contributed by atoms with Crippen molar-refractivity contribution >= 4 is 23.7 Å². The van der Waals surface area contributed by atoms with Gasteiger partial charge in [-0.3, -0.25) is 4.79 Å². The lowest BCUT2D eigenvalue weighted by molar-refractivity contribution is -0.139. The summed E-state index contributed by atoms with van der Waals surface area (Å²) in [4.78, 5) is 35.4. The number of carbonyl (C=O) groups excluding carboxylic acids is 2. The lowest BCUT2D eigenvalue weighted by Gasteiger charge is -2.15. The quantitative estimate of drug-likeness (QED) is 0.421. The number of carbonyl (C=O) groups is 3. The molecule has 0 radical (unpaired) electrons. The summed E-state index contributed by atoms with van der Waals surface area (Å²) < 4.78 is 5.11. The second kappa shape index (κ2) is 12.1. The maximum absolute atomic E-state index is 12.3. The Morgan fingerprint density at radius 1 is 1.00 bits per heavy atom. The van der Waals surface area contributed by atoms with Gasteiger partial charge < -0.3 is 25.8 Å². The van der Waals surface area contributed by atoms with Crippen molar-refractivity contribution in [3.05, 3.63) is 65.7 Å². The van der Waals surface area contributed by atoms with Gasteiger partial charge in [0.25, 0.3) is 5.91 Å². The van der Waals surface area contributed by atoms with E-state index in [9.17, 15) is 19.5 Å². The second-order valence-electron chi connectivity index (χ2n) is 6.68. The zero-order valence-corrected chi connectivity index (χ0v) is 16.9. The molecule has 30 heavy (non-hydrogen) atoms. The van der Waals surface area contributed by atoms with E-state index in [1.54, 1.807) is 31.3 Å². The van der Waals surface area contributed by atoms with Crippen molar-refractivity contribution in [2.45, 2.75) is 31.9 Å². The molecule has 8 heteroatoms. The van der Waals surface area contributed by atoms with Crippen LogP contribution >= 0.6 is 0 Å². The first-order valence-electron chi connectivity index (χ1n) is 9.75. The monoisotopic (exact) mass is 413 g/mol. The summed E-state index contributed by atoms with van der Waals surface area (Å²) in [6, 6.07) is 15.1. The summed E-state index contributed by atoms with van der Waals surface area (Å²) in [5.74, 6) is -1.53. The van der Waals surface area contributed by atoms with Gasteiger partial charge in [-0.15, -0.1) is 0 Å². The lowest BCUT2D eigenvalue weighted by atomic mass is 10.1. The Labute approximate surface area is 175 Å². The minimum absolute atomic E-state index is 0.190. The third-order valence-corrected chi connectivity index (χ3v) is 4.44. The number of carboxylic acids is 1. The third-order valence-electron chi connectivity index (χ3n) is 4.44. The highest BCUT2D eigenvalue weighted by Gasteiger charge is 2.20. The first-order valence-corrected chi connectivity index (χ1v) is 9.75. The summed E-state index contributed by atoms with van der Waals surface area (Å²) in [6.45, 7) is 0.550. The van der Waals surface area contributed by atoms with Crippen LogP contribution in [0.2, 0.25) is 0 Å². The van der Waals surface area contributed by atoms with Gasteiger partial charge in [-0.25, -0.2) is 9.59 Å². The maximum atomic E-state index is 12.3. The first kappa shape index (κ1) is 22.7. The van der Waals surface area contributed by atoms with Gasteiger partial charge in [0.05, 0.1) is 0 Å². The van der Waals surface area contributed by atoms with Crippen LogP contribution in [0.5, 0.6) is 0 Å². The number of nitrogens with one attached hydrogen (secondary N) is 3. The minimum atomic E-state index is -1.09. The highest BCUT2D eigenvalue weighted by molar-refractivity contribution is 5.96. The Bertz CT molecular complexity index is 824. The van der Waals surface area contributed by atoms with Gasteiger partial charge in [-0.05, 0) is 49.1 Å². The summed E-state index contributed by atoms with van der Waals surface area (Å²) >= 11 is 0. The van der Waals surface area contributed by atoms with Crippen LogP contribution in [0.15, 0.2) is 54.6 Å². The molecule has 0 aromatic heterocycles. The average Bonchev–Trinajstić information content (AvgIpc) is 2.77. The fraction of sp³-hybridized carbons (Fsp3) is 0.318. The Balaban J connectivity index is 1.67. The number of alkyl carbamates (subject to hydrolysis) is 1. The van der Waals surface area contributed by atoms with Crippen LogP contribution in [-0.4, -0.2) is 42.7 Å². The highest BCUT2D eigenvalue weighted by Crippen LogP contribution is 2.10.